The van der Waals surface area contributed by atoms with Crippen molar-refractivity contribution in [1.29, 1.82) is 0 Å². The molecule has 150 valence electrons. The second-order valence-electron chi connectivity index (χ2n) is 7.32. The summed E-state index contributed by atoms with van der Waals surface area (Å²) >= 11 is 0. The maximum atomic E-state index is 13.1. The van der Waals surface area contributed by atoms with Crippen molar-refractivity contribution in [3.63, 3.8) is 0 Å². The minimum Gasteiger partial charge on any atom is -0.340 e. The molecule has 1 heterocycles. The number of carbonyl (C=O) groups is 1. The van der Waals surface area contributed by atoms with Gasteiger partial charge in [-0.05, 0) is 61.2 Å². The van der Waals surface area contributed by atoms with Gasteiger partial charge in [0, 0.05) is 16.8 Å². The van der Waals surface area contributed by atoms with Gasteiger partial charge in [-0.2, -0.15) is 0 Å². The molecule has 0 aliphatic heterocycles. The summed E-state index contributed by atoms with van der Waals surface area (Å²) in [4.78, 5) is 22.2. The predicted molar refractivity (Wildman–Crippen MR) is 123 cm³/mol. The van der Waals surface area contributed by atoms with Crippen molar-refractivity contribution in [2.45, 2.75) is 27.2 Å². The van der Waals surface area contributed by atoms with Crippen molar-refractivity contribution in [2.75, 3.05) is 10.6 Å². The molecule has 5 nitrogen and oxygen atoms in total. The Morgan fingerprint density at radius 3 is 2.53 bits per heavy atom. The molecule has 1 amide bonds. The molecule has 1 aromatic heterocycles. The first-order chi connectivity index (χ1) is 14.5. The summed E-state index contributed by atoms with van der Waals surface area (Å²) in [5, 5.41) is 7.23. The summed E-state index contributed by atoms with van der Waals surface area (Å²) in [6.07, 6.45) is 0.829. The average molecular weight is 396 g/mol. The van der Waals surface area contributed by atoms with Crippen molar-refractivity contribution in [3.8, 4) is 0 Å². The van der Waals surface area contributed by atoms with Crippen molar-refractivity contribution < 1.29 is 4.79 Å². The zero-order valence-corrected chi connectivity index (χ0v) is 17.4. The van der Waals surface area contributed by atoms with E-state index in [-0.39, 0.29) is 11.7 Å². The van der Waals surface area contributed by atoms with E-state index < -0.39 is 0 Å². The lowest BCUT2D eigenvalue weighted by atomic mass is 10.1. The molecule has 0 atom stereocenters. The first-order valence-electron chi connectivity index (χ1n) is 10.1. The summed E-state index contributed by atoms with van der Waals surface area (Å²) < 4.78 is 0. The Morgan fingerprint density at radius 2 is 1.73 bits per heavy atom. The highest BCUT2D eigenvalue weighted by Crippen LogP contribution is 2.26. The van der Waals surface area contributed by atoms with Crippen LogP contribution >= 0.6 is 0 Å². The van der Waals surface area contributed by atoms with Crippen LogP contribution in [0.15, 0.2) is 66.7 Å². The van der Waals surface area contributed by atoms with Gasteiger partial charge in [-0.1, -0.05) is 49.4 Å². The van der Waals surface area contributed by atoms with Gasteiger partial charge in [0.25, 0.3) is 5.91 Å². The van der Waals surface area contributed by atoms with Gasteiger partial charge < -0.3 is 10.6 Å². The minimum absolute atomic E-state index is 0.133. The van der Waals surface area contributed by atoms with Gasteiger partial charge >= 0.3 is 0 Å². The molecule has 30 heavy (non-hydrogen) atoms. The lowest BCUT2D eigenvalue weighted by molar-refractivity contribution is 0.101. The van der Waals surface area contributed by atoms with Gasteiger partial charge in [0.1, 0.15) is 5.82 Å². The maximum Gasteiger partial charge on any atom is 0.293 e. The van der Waals surface area contributed by atoms with Gasteiger partial charge in [-0.25, -0.2) is 9.97 Å². The highest BCUT2D eigenvalue weighted by molar-refractivity contribution is 6.04. The molecule has 5 heteroatoms. The topological polar surface area (TPSA) is 66.9 Å². The van der Waals surface area contributed by atoms with Crippen molar-refractivity contribution in [3.05, 3.63) is 89.2 Å². The van der Waals surface area contributed by atoms with Crippen LogP contribution in [-0.4, -0.2) is 15.9 Å². The van der Waals surface area contributed by atoms with Crippen LogP contribution in [0.3, 0.4) is 0 Å². The fourth-order valence-corrected chi connectivity index (χ4v) is 3.50. The highest BCUT2D eigenvalue weighted by atomic mass is 16.2. The van der Waals surface area contributed by atoms with Crippen LogP contribution in [0, 0.1) is 13.8 Å². The zero-order chi connectivity index (χ0) is 21.1. The van der Waals surface area contributed by atoms with Crippen molar-refractivity contribution in [2.24, 2.45) is 0 Å². The van der Waals surface area contributed by atoms with Gasteiger partial charge in [0.05, 0.1) is 5.52 Å². The lowest BCUT2D eigenvalue weighted by Gasteiger charge is -2.14. The molecule has 0 bridgehead atoms. The summed E-state index contributed by atoms with van der Waals surface area (Å²) in [6.45, 7) is 6.09. The Balaban J connectivity index is 1.74. The van der Waals surface area contributed by atoms with E-state index in [1.165, 1.54) is 0 Å². The number of aryl methyl sites for hydroxylation is 3. The van der Waals surface area contributed by atoms with E-state index in [1.54, 1.807) is 0 Å². The van der Waals surface area contributed by atoms with E-state index in [0.29, 0.717) is 11.3 Å². The summed E-state index contributed by atoms with van der Waals surface area (Å²) in [6, 6.07) is 21.7. The molecule has 0 aliphatic rings. The van der Waals surface area contributed by atoms with Gasteiger partial charge in [0.2, 0.25) is 5.82 Å². The predicted octanol–water partition coefficient (Wildman–Crippen LogP) is 5.80. The van der Waals surface area contributed by atoms with Crippen LogP contribution in [0.2, 0.25) is 0 Å². The third kappa shape index (κ3) is 4.01. The number of hydrogen-bond acceptors (Lipinski definition) is 4. The quantitative estimate of drug-likeness (QED) is 0.447. The third-order valence-corrected chi connectivity index (χ3v) is 5.07. The average Bonchev–Trinajstić information content (AvgIpc) is 2.75. The molecule has 3 aromatic carbocycles. The van der Waals surface area contributed by atoms with Crippen LogP contribution in [0.4, 0.5) is 17.2 Å². The van der Waals surface area contributed by atoms with Gasteiger partial charge in [-0.3, -0.25) is 4.79 Å². The van der Waals surface area contributed by atoms with Crippen LogP contribution in [-0.2, 0) is 6.42 Å². The third-order valence-electron chi connectivity index (χ3n) is 5.07. The van der Waals surface area contributed by atoms with Gasteiger partial charge in [0.15, 0.2) is 0 Å². The Hall–Kier alpha value is -3.73. The number of amides is 1. The van der Waals surface area contributed by atoms with Crippen LogP contribution in [0.25, 0.3) is 10.9 Å². The van der Waals surface area contributed by atoms with Crippen molar-refractivity contribution in [1.82, 2.24) is 9.97 Å². The fraction of sp³-hybridized carbons (Fsp3) is 0.160. The lowest BCUT2D eigenvalue weighted by Crippen LogP contribution is -2.18. The van der Waals surface area contributed by atoms with Crippen LogP contribution in [0.1, 0.15) is 34.2 Å². The summed E-state index contributed by atoms with van der Waals surface area (Å²) in [5.41, 5.74) is 5.70. The van der Waals surface area contributed by atoms with E-state index in [0.717, 1.165) is 39.9 Å². The van der Waals surface area contributed by atoms with Crippen LogP contribution in [0.5, 0.6) is 0 Å². The molecule has 0 saturated heterocycles. The zero-order valence-electron chi connectivity index (χ0n) is 17.4. The molecule has 2 N–H and O–H groups in total. The molecule has 0 radical (unpaired) electrons. The highest BCUT2D eigenvalue weighted by Gasteiger charge is 2.16. The Morgan fingerprint density at radius 1 is 0.933 bits per heavy atom. The Labute approximate surface area is 176 Å². The Kier molecular flexibility index (Phi) is 5.44. The molecule has 0 spiro atoms. The molecule has 0 saturated carbocycles. The normalized spacial score (nSPS) is 10.8. The number of carbonyl (C=O) groups excluding carboxylic acids is 1. The number of hydrogen-bond donors (Lipinski definition) is 2. The standard InChI is InChI=1S/C25H24N4O/c1-4-18-11-8-10-17(3)22(18)28-25(30)24-27-21-14-6-5-13-20(21)23(29-24)26-19-12-7-9-16(2)15-19/h5-15H,4H2,1-3H3,(H,28,30)(H,26,27,29). The molecule has 4 aromatic rings. The Bertz CT molecular complexity index is 1230. The van der Waals surface area contributed by atoms with E-state index >= 15 is 0 Å². The molecule has 0 aliphatic carbocycles. The number of para-hydroxylation sites is 2. The van der Waals surface area contributed by atoms with E-state index in [9.17, 15) is 4.79 Å². The second-order valence-corrected chi connectivity index (χ2v) is 7.32. The fourth-order valence-electron chi connectivity index (χ4n) is 3.50. The van der Waals surface area contributed by atoms with E-state index in [1.807, 2.05) is 80.6 Å². The van der Waals surface area contributed by atoms with Crippen molar-refractivity contribution >= 4 is 34.0 Å². The number of aromatic nitrogens is 2. The van der Waals surface area contributed by atoms with Crippen LogP contribution < -0.4 is 10.6 Å². The summed E-state index contributed by atoms with van der Waals surface area (Å²) in [7, 11) is 0. The first kappa shape index (κ1) is 19.6. The number of nitrogens with zero attached hydrogens (tertiary/aromatic N) is 2. The number of benzene rings is 3. The maximum absolute atomic E-state index is 13.1. The molecule has 0 unspecified atom stereocenters. The van der Waals surface area contributed by atoms with Gasteiger partial charge in [-0.15, -0.1) is 0 Å². The summed E-state index contributed by atoms with van der Waals surface area (Å²) in [5.74, 6) is 0.419. The minimum atomic E-state index is -0.322. The van der Waals surface area contributed by atoms with E-state index in [2.05, 4.69) is 27.5 Å². The van der Waals surface area contributed by atoms with E-state index in [4.69, 9.17) is 0 Å². The molecular weight excluding hydrogens is 372 g/mol. The number of anilines is 3. The first-order valence-corrected chi connectivity index (χ1v) is 10.1. The monoisotopic (exact) mass is 396 g/mol. The number of rotatable bonds is 5. The molecular formula is C25H24N4O. The SMILES string of the molecule is CCc1cccc(C)c1NC(=O)c1nc(Nc2cccc(C)c2)c2ccccc2n1. The number of nitrogens with one attached hydrogen (secondary N) is 2. The largest absolute Gasteiger partial charge is 0.340 e. The smallest absolute Gasteiger partial charge is 0.293 e. The molecule has 0 fully saturated rings. The molecule has 4 rings (SSSR count). The number of fused-ring (bicyclic) bond motifs is 1. The second kappa shape index (κ2) is 8.33.